The lowest BCUT2D eigenvalue weighted by Gasteiger charge is -2.58. The summed E-state index contributed by atoms with van der Waals surface area (Å²) < 4.78 is 0. The third-order valence-corrected chi connectivity index (χ3v) is 10.2. The largest absolute Gasteiger partial charge is 0.394 e. The first-order chi connectivity index (χ1) is 14.9. The number of fused-ring (bicyclic) bond motifs is 5. The molecule has 3 saturated carbocycles. The van der Waals surface area contributed by atoms with E-state index in [1.54, 1.807) is 5.57 Å². The first-order valence-corrected chi connectivity index (χ1v) is 12.7. The Balaban J connectivity index is 1.27. The Morgan fingerprint density at radius 1 is 1.13 bits per heavy atom. The minimum Gasteiger partial charge on any atom is -0.394 e. The van der Waals surface area contributed by atoms with Crippen molar-refractivity contribution >= 4 is 5.71 Å². The Kier molecular flexibility index (Phi) is 5.50. The van der Waals surface area contributed by atoms with Gasteiger partial charge in [-0.15, -0.1) is 6.42 Å². The Hall–Kier alpha value is -1.31. The molecule has 5 aliphatic rings. The van der Waals surface area contributed by atoms with Crippen molar-refractivity contribution in [1.29, 1.82) is 0 Å². The molecule has 0 unspecified atom stereocenters. The monoisotopic (exact) mass is 424 g/mol. The molecule has 0 amide bonds. The number of nitrogens with zero attached hydrogens (tertiary/aromatic N) is 2. The molecule has 1 aliphatic heterocycles. The minimum absolute atomic E-state index is 0.106. The molecule has 0 aromatic carbocycles. The van der Waals surface area contributed by atoms with Crippen molar-refractivity contribution in [1.82, 2.24) is 4.90 Å². The van der Waals surface area contributed by atoms with Gasteiger partial charge in [0.15, 0.2) is 0 Å². The van der Waals surface area contributed by atoms with E-state index in [-0.39, 0.29) is 10.8 Å². The summed E-state index contributed by atoms with van der Waals surface area (Å²) in [5.74, 6) is 4.77. The summed E-state index contributed by atoms with van der Waals surface area (Å²) in [4.78, 5) is 8.19. The summed E-state index contributed by atoms with van der Waals surface area (Å²) in [7, 11) is 0. The van der Waals surface area contributed by atoms with Crippen LogP contribution in [0.25, 0.3) is 0 Å². The molecule has 0 bridgehead atoms. The highest BCUT2D eigenvalue weighted by atomic mass is 16.6. The summed E-state index contributed by atoms with van der Waals surface area (Å²) in [5, 5.41) is 15.7. The zero-order valence-corrected chi connectivity index (χ0v) is 19.5. The molecule has 1 saturated heterocycles. The van der Waals surface area contributed by atoms with Crippen LogP contribution < -0.4 is 0 Å². The van der Waals surface area contributed by atoms with Crippen molar-refractivity contribution in [3.63, 3.8) is 0 Å². The molecule has 4 fully saturated rings. The van der Waals surface area contributed by atoms with Crippen LogP contribution in [-0.4, -0.2) is 47.6 Å². The average Bonchev–Trinajstić information content (AvgIpc) is 3.38. The molecule has 0 radical (unpaired) electrons. The maximum atomic E-state index is 11.2. The second-order valence-corrected chi connectivity index (χ2v) is 11.5. The average molecular weight is 425 g/mol. The summed E-state index contributed by atoms with van der Waals surface area (Å²) in [6, 6.07) is 0. The van der Waals surface area contributed by atoms with E-state index in [4.69, 9.17) is 11.3 Å². The lowest BCUT2D eigenvalue weighted by atomic mass is 9.46. The van der Waals surface area contributed by atoms with Gasteiger partial charge in [-0.1, -0.05) is 30.5 Å². The second kappa shape index (κ2) is 7.92. The number of likely N-dealkylation sites (tertiary alicyclic amines) is 1. The van der Waals surface area contributed by atoms with Crippen LogP contribution in [0.5, 0.6) is 0 Å². The van der Waals surface area contributed by atoms with E-state index in [2.05, 4.69) is 35.9 Å². The molecule has 4 nitrogen and oxygen atoms in total. The maximum Gasteiger partial charge on any atom is 0.130 e. The van der Waals surface area contributed by atoms with Crippen LogP contribution in [0.3, 0.4) is 0 Å². The fourth-order valence-corrected chi connectivity index (χ4v) is 8.20. The van der Waals surface area contributed by atoms with E-state index in [0.717, 1.165) is 44.4 Å². The van der Waals surface area contributed by atoms with Crippen LogP contribution in [0.15, 0.2) is 16.8 Å². The molecule has 1 N–H and O–H groups in total. The first kappa shape index (κ1) is 21.5. The molecule has 31 heavy (non-hydrogen) atoms. The predicted octanol–water partition coefficient (Wildman–Crippen LogP) is 4.78. The summed E-state index contributed by atoms with van der Waals surface area (Å²) in [6.45, 7) is 8.91. The molecule has 4 heteroatoms. The van der Waals surface area contributed by atoms with E-state index in [1.807, 2.05) is 0 Å². The number of hydrogen-bond acceptors (Lipinski definition) is 4. The second-order valence-electron chi connectivity index (χ2n) is 11.5. The van der Waals surface area contributed by atoms with Crippen LogP contribution in [0.4, 0.5) is 0 Å². The first-order valence-electron chi connectivity index (χ1n) is 12.7. The third kappa shape index (κ3) is 3.39. The number of terminal acetylenes is 1. The van der Waals surface area contributed by atoms with E-state index in [0.29, 0.717) is 24.4 Å². The van der Waals surface area contributed by atoms with Crippen molar-refractivity contribution in [3.05, 3.63) is 11.6 Å². The van der Waals surface area contributed by atoms with Crippen LogP contribution >= 0.6 is 0 Å². The molecular weight excluding hydrogens is 384 g/mol. The van der Waals surface area contributed by atoms with Gasteiger partial charge in [0.05, 0.1) is 5.71 Å². The smallest absolute Gasteiger partial charge is 0.130 e. The molecule has 4 aliphatic carbocycles. The predicted molar refractivity (Wildman–Crippen MR) is 125 cm³/mol. The highest BCUT2D eigenvalue weighted by Crippen LogP contribution is 2.67. The fraction of sp³-hybridized carbons (Fsp3) is 0.815. The van der Waals surface area contributed by atoms with Gasteiger partial charge in [0.25, 0.3) is 0 Å². The Bertz CT molecular complexity index is 807. The number of aliphatic hydroxyl groups is 1. The highest BCUT2D eigenvalue weighted by Gasteiger charge is 2.63. The third-order valence-electron chi connectivity index (χ3n) is 10.2. The van der Waals surface area contributed by atoms with Gasteiger partial charge in [0.2, 0.25) is 0 Å². The van der Waals surface area contributed by atoms with E-state index in [1.165, 1.54) is 45.2 Å². The van der Waals surface area contributed by atoms with Crippen LogP contribution in [-0.2, 0) is 4.84 Å². The molecule has 6 atom stereocenters. The van der Waals surface area contributed by atoms with Crippen molar-refractivity contribution in [2.75, 3.05) is 26.2 Å². The number of allylic oxidation sites excluding steroid dienone is 2. The molecule has 0 spiro atoms. The molecule has 5 rings (SSSR count). The highest BCUT2D eigenvalue weighted by molar-refractivity contribution is 5.96. The normalized spacial score (nSPS) is 46.1. The molecule has 1 heterocycles. The van der Waals surface area contributed by atoms with Crippen LogP contribution in [0.1, 0.15) is 78.1 Å². The zero-order chi connectivity index (χ0) is 21.7. The van der Waals surface area contributed by atoms with Gasteiger partial charge in [-0.2, -0.15) is 0 Å². The Labute approximate surface area is 188 Å². The fourth-order valence-electron chi connectivity index (χ4n) is 8.20. The van der Waals surface area contributed by atoms with Gasteiger partial charge in [-0.3, -0.25) is 4.90 Å². The quantitative estimate of drug-likeness (QED) is 0.401. The van der Waals surface area contributed by atoms with Crippen molar-refractivity contribution in [2.45, 2.75) is 83.7 Å². The van der Waals surface area contributed by atoms with E-state index >= 15 is 0 Å². The van der Waals surface area contributed by atoms with Crippen molar-refractivity contribution < 1.29 is 9.94 Å². The molecule has 170 valence electrons. The zero-order valence-electron chi connectivity index (χ0n) is 19.5. The summed E-state index contributed by atoms with van der Waals surface area (Å²) in [6.07, 6.45) is 19.5. The van der Waals surface area contributed by atoms with E-state index in [9.17, 15) is 5.11 Å². The number of oxime groups is 1. The van der Waals surface area contributed by atoms with Gasteiger partial charge in [0, 0.05) is 12.0 Å². The van der Waals surface area contributed by atoms with Gasteiger partial charge in [-0.05, 0) is 107 Å². The number of hydrogen-bond donors (Lipinski definition) is 1. The standard InChI is InChI=1S/C27H40N2O2/c1-4-27(30)14-11-24-22-8-7-20-19-21(28-31-18-17-29-15-5-6-16-29)9-12-25(20,2)23(22)10-13-26(24,27)3/h1,19,22-24,30H,5-18H2,2-3H3/b28-21+/t22-,23+,24+,25+,26+,27+/m1/s1. The molecule has 0 aromatic heterocycles. The van der Waals surface area contributed by atoms with Crippen LogP contribution in [0.2, 0.25) is 0 Å². The lowest BCUT2D eigenvalue weighted by molar-refractivity contribution is -0.0987. The minimum atomic E-state index is -0.904. The van der Waals surface area contributed by atoms with Gasteiger partial charge in [-0.25, -0.2) is 0 Å². The maximum absolute atomic E-state index is 11.2. The van der Waals surface area contributed by atoms with Gasteiger partial charge in [0.1, 0.15) is 12.2 Å². The molecule has 0 aromatic rings. The van der Waals surface area contributed by atoms with Crippen LogP contribution in [0, 0.1) is 40.9 Å². The summed E-state index contributed by atoms with van der Waals surface area (Å²) in [5.41, 5.74) is 1.99. The molecular formula is C27H40N2O2. The Morgan fingerprint density at radius 3 is 2.68 bits per heavy atom. The lowest BCUT2D eigenvalue weighted by Crippen LogP contribution is -2.54. The van der Waals surface area contributed by atoms with Gasteiger partial charge < -0.3 is 9.94 Å². The van der Waals surface area contributed by atoms with Crippen molar-refractivity contribution in [3.8, 4) is 12.3 Å². The SMILES string of the molecule is C#C[C@]1(O)CC[C@H]2[C@@H]3CCC4=C/C(=N/OCCN5CCCC5)CC[C@]4(C)[C@H]3CC[C@@]21C. The van der Waals surface area contributed by atoms with E-state index < -0.39 is 5.60 Å². The van der Waals surface area contributed by atoms with Crippen molar-refractivity contribution in [2.24, 2.45) is 33.7 Å². The number of rotatable bonds is 4. The Morgan fingerprint density at radius 2 is 1.90 bits per heavy atom. The topological polar surface area (TPSA) is 45.1 Å². The summed E-state index contributed by atoms with van der Waals surface area (Å²) >= 11 is 0. The van der Waals surface area contributed by atoms with Gasteiger partial charge >= 0.3 is 0 Å².